The number of hydrogen-bond acceptors (Lipinski definition) is 4. The van der Waals surface area contributed by atoms with Crippen LogP contribution in [0.3, 0.4) is 0 Å². The van der Waals surface area contributed by atoms with Crippen LogP contribution in [0.15, 0.2) is 29.7 Å². The van der Waals surface area contributed by atoms with Gasteiger partial charge in [-0.1, -0.05) is 0 Å². The molecule has 2 aliphatic heterocycles. The van der Waals surface area contributed by atoms with Crippen LogP contribution in [0, 0.1) is 0 Å². The average Bonchev–Trinajstić information content (AvgIpc) is 2.62. The Morgan fingerprint density at radius 1 is 1.50 bits per heavy atom. The van der Waals surface area contributed by atoms with Crippen LogP contribution < -0.4 is 5.43 Å². The molecule has 0 saturated heterocycles. The number of rotatable bonds is 0. The summed E-state index contributed by atoms with van der Waals surface area (Å²) in [7, 11) is 0. The Labute approximate surface area is 69.0 Å². The molecular weight excluding hydrogens is 154 g/mol. The van der Waals surface area contributed by atoms with Crippen molar-refractivity contribution in [2.75, 3.05) is 12.0 Å². The van der Waals surface area contributed by atoms with E-state index < -0.39 is 0 Å². The molecular formula is C7H7N5. The number of nitrogens with zero attached hydrogens (tertiary/aromatic N) is 4. The van der Waals surface area contributed by atoms with Crippen LogP contribution in [0.4, 0.5) is 5.95 Å². The Balaban J connectivity index is 2.16. The summed E-state index contributed by atoms with van der Waals surface area (Å²) in [6, 6.07) is 0. The number of nitrogens with one attached hydrogen (secondary N) is 1. The molecule has 5 heteroatoms. The Hall–Kier alpha value is -1.78. The molecule has 1 aromatic heterocycles. The fourth-order valence-corrected chi connectivity index (χ4v) is 1.36. The zero-order valence-electron chi connectivity index (χ0n) is 6.31. The number of imidazole rings is 1. The third-order valence-corrected chi connectivity index (χ3v) is 1.88. The van der Waals surface area contributed by atoms with Gasteiger partial charge in [0.25, 0.3) is 0 Å². The molecule has 60 valence electrons. The van der Waals surface area contributed by atoms with E-state index in [9.17, 15) is 0 Å². The molecule has 0 unspecified atom stereocenters. The lowest BCUT2D eigenvalue weighted by atomic mass is 10.5. The van der Waals surface area contributed by atoms with Crippen molar-refractivity contribution < 1.29 is 0 Å². The van der Waals surface area contributed by atoms with E-state index in [2.05, 4.69) is 15.4 Å². The van der Waals surface area contributed by atoms with E-state index in [1.165, 1.54) is 0 Å². The molecule has 0 spiro atoms. The van der Waals surface area contributed by atoms with Crippen molar-refractivity contribution in [3.8, 4) is 0 Å². The summed E-state index contributed by atoms with van der Waals surface area (Å²) in [5, 5.41) is 1.85. The van der Waals surface area contributed by atoms with E-state index in [1.807, 2.05) is 28.0 Å². The smallest absolute Gasteiger partial charge is 0.231 e. The minimum Gasteiger partial charge on any atom is -0.260 e. The van der Waals surface area contributed by atoms with Gasteiger partial charge in [0, 0.05) is 18.6 Å². The fraction of sp³-hybridized carbons (Fsp3) is 0.143. The third-order valence-electron chi connectivity index (χ3n) is 1.88. The van der Waals surface area contributed by atoms with E-state index >= 15 is 0 Å². The zero-order valence-corrected chi connectivity index (χ0v) is 6.31. The lowest BCUT2D eigenvalue weighted by molar-refractivity contribution is 0.663. The van der Waals surface area contributed by atoms with Gasteiger partial charge in [-0.3, -0.25) is 9.99 Å². The number of hydrazine groups is 1. The first kappa shape index (κ1) is 5.82. The van der Waals surface area contributed by atoms with Crippen LogP contribution in [0.2, 0.25) is 0 Å². The SMILES string of the molecule is C1=CN2Nc3nccn3C2=NC1. The van der Waals surface area contributed by atoms with Crippen LogP contribution in [-0.2, 0) is 0 Å². The third kappa shape index (κ3) is 0.578. The summed E-state index contributed by atoms with van der Waals surface area (Å²) in [6.45, 7) is 0.741. The molecule has 0 fully saturated rings. The van der Waals surface area contributed by atoms with Crippen LogP contribution in [0.25, 0.3) is 0 Å². The summed E-state index contributed by atoms with van der Waals surface area (Å²) < 4.78 is 1.92. The van der Waals surface area contributed by atoms with E-state index in [4.69, 9.17) is 0 Å². The topological polar surface area (TPSA) is 45.5 Å². The molecule has 2 aliphatic rings. The van der Waals surface area contributed by atoms with Crippen molar-refractivity contribution in [3.63, 3.8) is 0 Å². The molecule has 3 rings (SSSR count). The molecule has 0 aliphatic carbocycles. The van der Waals surface area contributed by atoms with Crippen LogP contribution in [-0.4, -0.2) is 27.1 Å². The summed E-state index contributed by atoms with van der Waals surface area (Å²) >= 11 is 0. The van der Waals surface area contributed by atoms with Crippen molar-refractivity contribution in [1.82, 2.24) is 14.6 Å². The molecule has 5 nitrogen and oxygen atoms in total. The van der Waals surface area contributed by atoms with Gasteiger partial charge in [-0.15, -0.1) is 0 Å². The quantitative estimate of drug-likeness (QED) is 0.593. The van der Waals surface area contributed by atoms with Gasteiger partial charge < -0.3 is 0 Å². The number of aromatic nitrogens is 2. The van der Waals surface area contributed by atoms with Gasteiger partial charge in [0.1, 0.15) is 0 Å². The van der Waals surface area contributed by atoms with Crippen LogP contribution in [0.5, 0.6) is 0 Å². The fourth-order valence-electron chi connectivity index (χ4n) is 1.36. The summed E-state index contributed by atoms with van der Waals surface area (Å²) in [5.41, 5.74) is 3.08. The second-order valence-electron chi connectivity index (χ2n) is 2.63. The largest absolute Gasteiger partial charge is 0.260 e. The second-order valence-corrected chi connectivity index (χ2v) is 2.63. The van der Waals surface area contributed by atoms with Crippen molar-refractivity contribution in [2.45, 2.75) is 0 Å². The van der Waals surface area contributed by atoms with Crippen LogP contribution >= 0.6 is 0 Å². The normalized spacial score (nSPS) is 18.3. The Bertz CT molecular complexity index is 375. The summed E-state index contributed by atoms with van der Waals surface area (Å²) in [6.07, 6.45) is 7.58. The maximum atomic E-state index is 4.32. The molecule has 1 N–H and O–H groups in total. The zero-order chi connectivity index (χ0) is 7.97. The average molecular weight is 161 g/mol. The maximum Gasteiger partial charge on any atom is 0.231 e. The Morgan fingerprint density at radius 3 is 3.50 bits per heavy atom. The maximum absolute atomic E-state index is 4.32. The molecule has 3 heterocycles. The molecule has 1 aromatic rings. The first-order valence-electron chi connectivity index (χ1n) is 3.76. The number of aliphatic imine (C=N–C) groups is 1. The predicted octanol–water partition coefficient (Wildman–Crippen LogP) is 0.257. The molecule has 12 heavy (non-hydrogen) atoms. The molecule has 0 radical (unpaired) electrons. The van der Waals surface area contributed by atoms with Gasteiger partial charge in [0.2, 0.25) is 11.9 Å². The summed E-state index contributed by atoms with van der Waals surface area (Å²) in [5.74, 6) is 1.71. The van der Waals surface area contributed by atoms with E-state index in [0.717, 1.165) is 18.5 Å². The number of anilines is 1. The van der Waals surface area contributed by atoms with E-state index in [1.54, 1.807) is 6.20 Å². The summed E-state index contributed by atoms with van der Waals surface area (Å²) in [4.78, 5) is 8.44. The first-order valence-corrected chi connectivity index (χ1v) is 3.76. The van der Waals surface area contributed by atoms with Crippen molar-refractivity contribution in [2.24, 2.45) is 4.99 Å². The van der Waals surface area contributed by atoms with E-state index in [-0.39, 0.29) is 0 Å². The lowest BCUT2D eigenvalue weighted by Crippen LogP contribution is -2.29. The second kappa shape index (κ2) is 1.88. The highest BCUT2D eigenvalue weighted by Gasteiger charge is 2.24. The standard InChI is InChI=1S/C7H7N5/c1-2-9-7-11-5-3-8-6(11)10-12(7)4-1/h1,3-5H,2H2,(H,8,10). The highest BCUT2D eigenvalue weighted by molar-refractivity contribution is 5.90. The monoisotopic (exact) mass is 161 g/mol. The van der Waals surface area contributed by atoms with Gasteiger partial charge >= 0.3 is 0 Å². The van der Waals surface area contributed by atoms with Gasteiger partial charge in [-0.25, -0.2) is 15.0 Å². The van der Waals surface area contributed by atoms with Crippen molar-refractivity contribution in [3.05, 3.63) is 24.7 Å². The van der Waals surface area contributed by atoms with Gasteiger partial charge in [-0.2, -0.15) is 0 Å². The van der Waals surface area contributed by atoms with Crippen molar-refractivity contribution >= 4 is 11.9 Å². The molecule has 0 saturated carbocycles. The Morgan fingerprint density at radius 2 is 2.50 bits per heavy atom. The first-order chi connectivity index (χ1) is 5.95. The highest BCUT2D eigenvalue weighted by Crippen LogP contribution is 2.17. The molecule has 0 amide bonds. The van der Waals surface area contributed by atoms with E-state index in [0.29, 0.717) is 0 Å². The lowest BCUT2D eigenvalue weighted by Gasteiger charge is -2.15. The van der Waals surface area contributed by atoms with Gasteiger partial charge in [0.05, 0.1) is 6.54 Å². The number of hydrogen-bond donors (Lipinski definition) is 1. The van der Waals surface area contributed by atoms with Gasteiger partial charge in [-0.05, 0) is 6.08 Å². The molecule has 0 atom stereocenters. The highest BCUT2D eigenvalue weighted by atomic mass is 15.7. The van der Waals surface area contributed by atoms with Crippen LogP contribution in [0.1, 0.15) is 0 Å². The minimum atomic E-state index is 0.741. The minimum absolute atomic E-state index is 0.741. The Kier molecular flexibility index (Phi) is 0.910. The van der Waals surface area contributed by atoms with Crippen molar-refractivity contribution in [1.29, 1.82) is 0 Å². The predicted molar refractivity (Wildman–Crippen MR) is 44.5 cm³/mol. The molecule has 0 bridgehead atoms. The van der Waals surface area contributed by atoms with Gasteiger partial charge in [0.15, 0.2) is 0 Å². The number of fused-ring (bicyclic) bond motifs is 3. The molecule has 0 aromatic carbocycles.